The molecule has 0 fully saturated rings. The Morgan fingerprint density at radius 2 is 1.64 bits per heavy atom. The molecule has 0 atom stereocenters. The number of hydrogen-bond acceptors (Lipinski definition) is 1. The van der Waals surface area contributed by atoms with Gasteiger partial charge < -0.3 is 0 Å². The highest BCUT2D eigenvalue weighted by atomic mass is 16.1. The third-order valence-corrected chi connectivity index (χ3v) is 2.08. The van der Waals surface area contributed by atoms with Gasteiger partial charge in [0.05, 0.1) is 0 Å². The zero-order valence-electron chi connectivity index (χ0n) is 9.48. The van der Waals surface area contributed by atoms with Crippen LogP contribution in [0.25, 0.3) is 0 Å². The van der Waals surface area contributed by atoms with Gasteiger partial charge in [-0.25, -0.2) is 0 Å². The van der Waals surface area contributed by atoms with Crippen LogP contribution in [0.1, 0.15) is 27.7 Å². The van der Waals surface area contributed by atoms with Crippen molar-refractivity contribution in [1.29, 1.82) is 0 Å². The maximum atomic E-state index is 11.0. The lowest BCUT2D eigenvalue weighted by Crippen LogP contribution is -1.93. The molecule has 0 aromatic carbocycles. The first-order valence-corrected chi connectivity index (χ1v) is 4.58. The molecule has 0 aliphatic carbocycles. The molecule has 1 heteroatoms. The Labute approximate surface area is 86.5 Å². The molecule has 1 nitrogen and oxygen atoms in total. The Bertz CT molecular complexity index is 327. The molecule has 14 heavy (non-hydrogen) atoms. The van der Waals surface area contributed by atoms with Crippen molar-refractivity contribution >= 4 is 5.78 Å². The summed E-state index contributed by atoms with van der Waals surface area (Å²) in [6, 6.07) is 0. The summed E-state index contributed by atoms with van der Waals surface area (Å²) in [6.07, 6.45) is 3.63. The van der Waals surface area contributed by atoms with Gasteiger partial charge in [-0.2, -0.15) is 0 Å². The molecular formula is C13H18O. The smallest absolute Gasteiger partial charge is 0.155 e. The first-order chi connectivity index (χ1) is 6.40. The number of Topliss-reactive ketones (excluding diaryl/α,β-unsaturated/α-hetero) is 1. The Morgan fingerprint density at radius 1 is 1.14 bits per heavy atom. The normalized spacial score (nSPS) is 13.3. The SMILES string of the molecule is C=C/C(C(=C)C)=C(C)\C=C(/C)C(C)=O. The topological polar surface area (TPSA) is 17.1 Å². The van der Waals surface area contributed by atoms with Crippen molar-refractivity contribution in [3.8, 4) is 0 Å². The van der Waals surface area contributed by atoms with E-state index < -0.39 is 0 Å². The second-order valence-corrected chi connectivity index (χ2v) is 3.46. The first kappa shape index (κ1) is 12.6. The van der Waals surface area contributed by atoms with E-state index >= 15 is 0 Å². The van der Waals surface area contributed by atoms with E-state index in [9.17, 15) is 4.79 Å². The van der Waals surface area contributed by atoms with E-state index in [1.807, 2.05) is 26.8 Å². The maximum Gasteiger partial charge on any atom is 0.155 e. The van der Waals surface area contributed by atoms with Crippen LogP contribution in [-0.4, -0.2) is 5.78 Å². The zero-order valence-corrected chi connectivity index (χ0v) is 9.48. The third-order valence-electron chi connectivity index (χ3n) is 2.08. The summed E-state index contributed by atoms with van der Waals surface area (Å²) in [5.74, 6) is 0.0921. The van der Waals surface area contributed by atoms with Crippen molar-refractivity contribution in [3.63, 3.8) is 0 Å². The fourth-order valence-corrected chi connectivity index (χ4v) is 1.18. The maximum absolute atomic E-state index is 11.0. The minimum Gasteiger partial charge on any atom is -0.295 e. The van der Waals surface area contributed by atoms with Gasteiger partial charge in [-0.1, -0.05) is 30.9 Å². The molecule has 0 aliphatic rings. The lowest BCUT2D eigenvalue weighted by molar-refractivity contribution is -0.113. The summed E-state index contributed by atoms with van der Waals surface area (Å²) >= 11 is 0. The predicted octanol–water partition coefficient (Wildman–Crippen LogP) is 3.60. The van der Waals surface area contributed by atoms with Gasteiger partial charge in [-0.3, -0.25) is 4.79 Å². The molecule has 76 valence electrons. The van der Waals surface area contributed by atoms with Gasteiger partial charge in [0.15, 0.2) is 5.78 Å². The van der Waals surface area contributed by atoms with E-state index in [1.165, 1.54) is 0 Å². The van der Waals surface area contributed by atoms with Crippen LogP contribution in [0.2, 0.25) is 0 Å². The Morgan fingerprint density at radius 3 is 1.93 bits per heavy atom. The molecule has 0 saturated carbocycles. The average molecular weight is 190 g/mol. The summed E-state index contributed by atoms with van der Waals surface area (Å²) in [5.41, 5.74) is 3.75. The van der Waals surface area contributed by atoms with Crippen LogP contribution in [0, 0.1) is 0 Å². The molecule has 0 saturated heterocycles. The molecule has 0 heterocycles. The number of carbonyl (C=O) groups excluding carboxylic acids is 1. The molecule has 0 rings (SSSR count). The van der Waals surface area contributed by atoms with E-state index in [2.05, 4.69) is 13.2 Å². The fourth-order valence-electron chi connectivity index (χ4n) is 1.18. The largest absolute Gasteiger partial charge is 0.295 e. The molecule has 0 aliphatic heterocycles. The van der Waals surface area contributed by atoms with Gasteiger partial charge >= 0.3 is 0 Å². The monoisotopic (exact) mass is 190 g/mol. The number of allylic oxidation sites excluding steroid dienone is 6. The minimum absolute atomic E-state index is 0.0921. The molecule has 0 spiro atoms. The van der Waals surface area contributed by atoms with E-state index in [0.29, 0.717) is 0 Å². The molecule has 0 aromatic heterocycles. The summed E-state index contributed by atoms with van der Waals surface area (Å²) < 4.78 is 0. The van der Waals surface area contributed by atoms with Gasteiger partial charge in [0.25, 0.3) is 0 Å². The van der Waals surface area contributed by atoms with E-state index in [0.717, 1.165) is 22.3 Å². The van der Waals surface area contributed by atoms with Crippen molar-refractivity contribution in [2.75, 3.05) is 0 Å². The Hall–Kier alpha value is -1.37. The Kier molecular flexibility index (Phi) is 4.85. The molecule has 0 radical (unpaired) electrons. The molecule has 0 N–H and O–H groups in total. The van der Waals surface area contributed by atoms with Crippen molar-refractivity contribution in [2.24, 2.45) is 0 Å². The van der Waals surface area contributed by atoms with Crippen molar-refractivity contribution in [2.45, 2.75) is 27.7 Å². The molecule has 0 bridgehead atoms. The fraction of sp³-hybridized carbons (Fsp3) is 0.308. The molecule has 0 amide bonds. The predicted molar refractivity (Wildman–Crippen MR) is 62.1 cm³/mol. The van der Waals surface area contributed by atoms with Crippen LogP contribution in [0.5, 0.6) is 0 Å². The summed E-state index contributed by atoms with van der Waals surface area (Å²) in [4.78, 5) is 11.0. The standard InChI is InChI=1S/C13H18O/c1-7-13(9(2)3)11(5)8-10(4)12(6)14/h7-8H,1-2H2,3-6H3/b10-8+,13-11+. The zero-order chi connectivity index (χ0) is 11.3. The van der Waals surface area contributed by atoms with Gasteiger partial charge in [0.2, 0.25) is 0 Å². The lowest BCUT2D eigenvalue weighted by Gasteiger charge is -2.04. The van der Waals surface area contributed by atoms with E-state index in [-0.39, 0.29) is 5.78 Å². The third kappa shape index (κ3) is 3.56. The number of carbonyl (C=O) groups is 1. The first-order valence-electron chi connectivity index (χ1n) is 4.58. The number of rotatable bonds is 4. The van der Waals surface area contributed by atoms with E-state index in [1.54, 1.807) is 13.0 Å². The highest BCUT2D eigenvalue weighted by Gasteiger charge is 2.00. The van der Waals surface area contributed by atoms with Crippen LogP contribution in [0.15, 0.2) is 47.6 Å². The van der Waals surface area contributed by atoms with Crippen molar-refractivity contribution in [1.82, 2.24) is 0 Å². The summed E-state index contributed by atoms with van der Waals surface area (Å²) in [6.45, 7) is 14.8. The van der Waals surface area contributed by atoms with Gasteiger partial charge in [-0.05, 0) is 44.4 Å². The van der Waals surface area contributed by atoms with Crippen LogP contribution in [0.4, 0.5) is 0 Å². The van der Waals surface area contributed by atoms with Crippen molar-refractivity contribution in [3.05, 3.63) is 47.6 Å². The van der Waals surface area contributed by atoms with Gasteiger partial charge in [0.1, 0.15) is 0 Å². The Balaban J connectivity index is 5.19. The van der Waals surface area contributed by atoms with Gasteiger partial charge in [0, 0.05) is 0 Å². The quantitative estimate of drug-likeness (QED) is 0.489. The second kappa shape index (κ2) is 5.38. The van der Waals surface area contributed by atoms with E-state index in [4.69, 9.17) is 0 Å². The average Bonchev–Trinajstić information content (AvgIpc) is 2.04. The molecule has 0 aromatic rings. The van der Waals surface area contributed by atoms with Crippen LogP contribution in [-0.2, 0) is 4.79 Å². The molecular weight excluding hydrogens is 172 g/mol. The van der Waals surface area contributed by atoms with Gasteiger partial charge in [-0.15, -0.1) is 0 Å². The van der Waals surface area contributed by atoms with Crippen LogP contribution >= 0.6 is 0 Å². The summed E-state index contributed by atoms with van der Waals surface area (Å²) in [5, 5.41) is 0. The summed E-state index contributed by atoms with van der Waals surface area (Å²) in [7, 11) is 0. The number of ketones is 1. The molecule has 0 unspecified atom stereocenters. The van der Waals surface area contributed by atoms with Crippen molar-refractivity contribution < 1.29 is 4.79 Å². The second-order valence-electron chi connectivity index (χ2n) is 3.46. The number of hydrogen-bond donors (Lipinski definition) is 0. The highest BCUT2D eigenvalue weighted by Crippen LogP contribution is 2.16. The minimum atomic E-state index is 0.0921. The lowest BCUT2D eigenvalue weighted by atomic mass is 10.0. The van der Waals surface area contributed by atoms with Crippen LogP contribution in [0.3, 0.4) is 0 Å². The highest BCUT2D eigenvalue weighted by molar-refractivity contribution is 5.93. The van der Waals surface area contributed by atoms with Crippen LogP contribution < -0.4 is 0 Å².